The molecule has 3 amide bonds. The molecule has 15 rings (SSSR count). The Hall–Kier alpha value is -13.6. The maximum atomic E-state index is 14.5. The summed E-state index contributed by atoms with van der Waals surface area (Å²) in [5, 5.41) is 16.7. The number of amides is 3. The number of rotatable bonds is 23. The minimum atomic E-state index is -0.641. The number of ketones is 3. The van der Waals surface area contributed by atoms with Crippen molar-refractivity contribution in [3.05, 3.63) is 241 Å². The fourth-order valence-corrected chi connectivity index (χ4v) is 15.2. The predicted octanol–water partition coefficient (Wildman–Crippen LogP) is 13.5. The Labute approximate surface area is 666 Å². The van der Waals surface area contributed by atoms with E-state index in [9.17, 15) is 41.9 Å². The van der Waals surface area contributed by atoms with Crippen LogP contribution in [0.3, 0.4) is 0 Å². The number of nitrogens with two attached hydrogens (primary N) is 3. The molecule has 594 valence electrons. The number of hydrogen-bond donors (Lipinski definition) is 3. The van der Waals surface area contributed by atoms with E-state index in [1.54, 1.807) is 45.9 Å². The number of likely N-dealkylation sites (tertiary alicyclic amines) is 3. The van der Waals surface area contributed by atoms with Crippen LogP contribution in [0.1, 0.15) is 129 Å². The van der Waals surface area contributed by atoms with Crippen LogP contribution in [0.2, 0.25) is 0 Å². The Kier molecular flexibility index (Phi) is 25.0. The zero-order chi connectivity index (χ0) is 81.8. The lowest BCUT2D eigenvalue weighted by Gasteiger charge is -2.32. The molecule has 29 heteroatoms. The first-order chi connectivity index (χ1) is 56.2. The first kappa shape index (κ1) is 80.4. The van der Waals surface area contributed by atoms with Crippen molar-refractivity contribution >= 4 is 85.6 Å². The monoisotopic (exact) mass is 1570 g/mol. The van der Waals surface area contributed by atoms with E-state index in [0.29, 0.717) is 137 Å². The molecule has 3 saturated heterocycles. The SMILES string of the molecule is C=CC(=O)N1CCCC(n2nc(-c3ccc(CCC(=O)c4c(C)cccc4F)cc3)c3c(N)ncnc32)C1.C=CC(=O)N1CCCC(n2nc(-c3ccc(CCC(=O)c4ccc(OC)cc4F)cc3)c3c(N)ncnc32)C1.C=CC(=O)N1CCCC(n2nc(-c3ccc(CCC(=O)c4cccc(OC)c4F)cc3)c3c(N)ncnc32)C1. The average Bonchev–Trinajstić information content (AvgIpc) is 1.62. The fourth-order valence-electron chi connectivity index (χ4n) is 15.2. The van der Waals surface area contributed by atoms with Crippen molar-refractivity contribution in [2.24, 2.45) is 0 Å². The molecule has 3 unspecified atom stereocenters. The molecule has 0 saturated carbocycles. The molecule has 6 aromatic heterocycles. The Balaban J connectivity index is 0.000000151. The quantitative estimate of drug-likeness (QED) is 0.0395. The largest absolute Gasteiger partial charge is 0.497 e. The second-order valence-electron chi connectivity index (χ2n) is 28.6. The maximum absolute atomic E-state index is 14.5. The Bertz CT molecular complexity index is 5710. The first-order valence-electron chi connectivity index (χ1n) is 38.2. The van der Waals surface area contributed by atoms with Gasteiger partial charge in [0.15, 0.2) is 45.9 Å². The van der Waals surface area contributed by atoms with Crippen molar-refractivity contribution in [1.82, 2.24) is 73.9 Å². The van der Waals surface area contributed by atoms with Gasteiger partial charge in [-0.25, -0.2) is 57.1 Å². The summed E-state index contributed by atoms with van der Waals surface area (Å²) in [6.45, 7) is 16.1. The van der Waals surface area contributed by atoms with Gasteiger partial charge in [0.2, 0.25) is 17.7 Å². The maximum Gasteiger partial charge on any atom is 0.246 e. The minimum absolute atomic E-state index is 0.0227. The molecular weight excluding hydrogens is 1480 g/mol. The Morgan fingerprint density at radius 3 is 1.20 bits per heavy atom. The van der Waals surface area contributed by atoms with Gasteiger partial charge >= 0.3 is 0 Å². The van der Waals surface area contributed by atoms with Gasteiger partial charge in [0.1, 0.15) is 70.9 Å². The number of carbonyl (C=O) groups is 6. The summed E-state index contributed by atoms with van der Waals surface area (Å²) in [7, 11) is 2.82. The number of nitrogens with zero attached hydrogens (tertiary/aromatic N) is 15. The smallest absolute Gasteiger partial charge is 0.246 e. The van der Waals surface area contributed by atoms with Gasteiger partial charge in [0, 0.05) is 81.3 Å². The lowest BCUT2D eigenvalue weighted by atomic mass is 9.98. The molecule has 12 aromatic rings. The van der Waals surface area contributed by atoms with Crippen molar-refractivity contribution in [3.63, 3.8) is 0 Å². The highest BCUT2D eigenvalue weighted by Gasteiger charge is 2.33. The Morgan fingerprint density at radius 2 is 0.836 bits per heavy atom. The van der Waals surface area contributed by atoms with Crippen LogP contribution in [0.25, 0.3) is 66.9 Å². The van der Waals surface area contributed by atoms with Crippen LogP contribution < -0.4 is 26.7 Å². The van der Waals surface area contributed by atoms with Crippen LogP contribution in [0.15, 0.2) is 184 Å². The van der Waals surface area contributed by atoms with E-state index >= 15 is 0 Å². The van der Waals surface area contributed by atoms with Crippen LogP contribution in [0, 0.1) is 24.4 Å². The van der Waals surface area contributed by atoms with E-state index in [1.807, 2.05) is 86.8 Å². The number of Topliss-reactive ketones (excluding diaryl/α,β-unsaturated/α-hetero) is 3. The van der Waals surface area contributed by atoms with Gasteiger partial charge in [-0.3, -0.25) is 28.8 Å². The van der Waals surface area contributed by atoms with Gasteiger partial charge < -0.3 is 41.4 Å². The number of aryl methyl sites for hydroxylation is 4. The van der Waals surface area contributed by atoms with E-state index in [1.165, 1.54) is 81.8 Å². The third kappa shape index (κ3) is 17.5. The molecular formula is C87H87F3N18O8. The van der Waals surface area contributed by atoms with Crippen LogP contribution in [0.4, 0.5) is 30.6 Å². The number of carbonyl (C=O) groups excluding carboxylic acids is 6. The molecule has 3 atom stereocenters. The van der Waals surface area contributed by atoms with Crippen LogP contribution >= 0.6 is 0 Å². The van der Waals surface area contributed by atoms with E-state index < -0.39 is 17.5 Å². The zero-order valence-electron chi connectivity index (χ0n) is 64.5. The molecule has 3 aliphatic rings. The minimum Gasteiger partial charge on any atom is -0.497 e. The topological polar surface area (TPSA) is 339 Å². The molecule has 0 radical (unpaired) electrons. The number of fused-ring (bicyclic) bond motifs is 3. The highest BCUT2D eigenvalue weighted by atomic mass is 19.1. The summed E-state index contributed by atoms with van der Waals surface area (Å²) < 4.78 is 58.4. The van der Waals surface area contributed by atoms with Crippen LogP contribution in [-0.2, 0) is 33.6 Å². The molecule has 6 aromatic carbocycles. The normalized spacial score (nSPS) is 15.4. The number of anilines is 3. The predicted molar refractivity (Wildman–Crippen MR) is 436 cm³/mol. The number of methoxy groups -OCH3 is 2. The third-order valence-electron chi connectivity index (χ3n) is 21.3. The lowest BCUT2D eigenvalue weighted by molar-refractivity contribution is -0.128. The molecule has 9 heterocycles. The highest BCUT2D eigenvalue weighted by Crippen LogP contribution is 2.39. The zero-order valence-corrected chi connectivity index (χ0v) is 64.5. The van der Waals surface area contributed by atoms with E-state index in [4.69, 9.17) is 42.0 Å². The number of benzene rings is 6. The summed E-state index contributed by atoms with van der Waals surface area (Å²) >= 11 is 0. The summed E-state index contributed by atoms with van der Waals surface area (Å²) in [4.78, 5) is 106. The summed E-state index contributed by atoms with van der Waals surface area (Å²) in [6.07, 6.45) is 15.3. The standard InChI is InChI=1S/2C29H29FN6O3.C29H29FN6O2/c1-3-24(38)35-15-5-6-20(16-35)36-29-25(28(31)32-17-33-29)27(34-36)19-12-9-18(10-13-19)11-14-22(37)21-7-4-8-23(39-2)26(21)30;1-3-25(38)35-14-4-5-20(16-35)36-29-26(28(31)32-17-33-29)27(34-36)19-9-6-18(7-10-19)8-13-24(37)22-12-11-21(39-2)15-23(22)30;1-3-24(38)35-15-5-7-21(16-35)36-29-26(28(31)32-17-33-29)27(34-36)20-12-9-19(10-13-20)11-14-23(37)25-18(2)6-4-8-22(25)30/h3-4,7-10,12-13,17,20H,1,5-6,11,14-16H2,2H3,(H2,31,32,33);3,6-7,9-12,15,17,20H,1,4-5,8,13-14,16H2,2H3,(H2,31,32,33);3-4,6,8-10,12-13,17,21H,1,5,7,11,14-16H2,2H3,(H2,31,32,33). The molecule has 116 heavy (non-hydrogen) atoms. The van der Waals surface area contributed by atoms with E-state index in [0.717, 1.165) is 71.9 Å². The molecule has 3 aliphatic heterocycles. The third-order valence-corrected chi connectivity index (χ3v) is 21.3. The molecule has 0 aliphatic carbocycles. The molecule has 3 fully saturated rings. The van der Waals surface area contributed by atoms with Crippen molar-refractivity contribution in [1.29, 1.82) is 0 Å². The van der Waals surface area contributed by atoms with Gasteiger partial charge in [-0.15, -0.1) is 0 Å². The van der Waals surface area contributed by atoms with Gasteiger partial charge in [0.25, 0.3) is 0 Å². The number of hydrogen-bond acceptors (Lipinski definition) is 20. The van der Waals surface area contributed by atoms with E-state index in [-0.39, 0.29) is 94.9 Å². The molecule has 0 bridgehead atoms. The first-order valence-corrected chi connectivity index (χ1v) is 38.2. The lowest BCUT2D eigenvalue weighted by Crippen LogP contribution is -2.40. The Morgan fingerprint density at radius 1 is 0.457 bits per heavy atom. The summed E-state index contributed by atoms with van der Waals surface area (Å²) in [6, 6.07) is 36.4. The van der Waals surface area contributed by atoms with Crippen LogP contribution in [0.5, 0.6) is 11.5 Å². The molecule has 6 N–H and O–H groups in total. The van der Waals surface area contributed by atoms with Gasteiger partial charge in [-0.2, -0.15) is 15.3 Å². The number of aromatic nitrogens is 12. The van der Waals surface area contributed by atoms with Crippen molar-refractivity contribution < 1.29 is 51.4 Å². The van der Waals surface area contributed by atoms with Crippen molar-refractivity contribution in [2.45, 2.75) is 102 Å². The number of piperidine rings is 3. The van der Waals surface area contributed by atoms with E-state index in [2.05, 4.69) is 49.6 Å². The molecule has 0 spiro atoms. The number of halogens is 3. The summed E-state index contributed by atoms with van der Waals surface area (Å²) in [5.74, 6) is -1.39. The van der Waals surface area contributed by atoms with Gasteiger partial charge in [-0.1, -0.05) is 111 Å². The number of ether oxygens (including phenoxy) is 2. The number of nitrogen functional groups attached to an aromatic ring is 3. The fraction of sp³-hybridized carbons (Fsp3) is 0.276. The second-order valence-corrected chi connectivity index (χ2v) is 28.6. The summed E-state index contributed by atoms with van der Waals surface area (Å²) in [5.41, 5.74) is 28.8. The molecule has 26 nitrogen and oxygen atoms in total. The van der Waals surface area contributed by atoms with Gasteiger partial charge in [0.05, 0.1) is 65.2 Å². The van der Waals surface area contributed by atoms with Crippen molar-refractivity contribution in [3.8, 4) is 45.3 Å². The highest BCUT2D eigenvalue weighted by molar-refractivity contribution is 6.02. The van der Waals surface area contributed by atoms with Gasteiger partial charge in [-0.05, 0) is 136 Å². The second kappa shape index (κ2) is 36.0. The average molecular weight is 1570 g/mol. The van der Waals surface area contributed by atoms with Crippen LogP contribution in [-0.4, -0.2) is 163 Å². The van der Waals surface area contributed by atoms with Crippen molar-refractivity contribution in [2.75, 3.05) is 70.7 Å².